The summed E-state index contributed by atoms with van der Waals surface area (Å²) in [7, 11) is 5.77. The average Bonchev–Trinajstić information content (AvgIpc) is 2.46. The monoisotopic (exact) mass is 197 g/mol. The Hall–Kier alpha value is -0.770. The summed E-state index contributed by atoms with van der Waals surface area (Å²) >= 11 is 0. The SMILES string of the molecule is CN1CC2(CCCN2C(=O)N(C)C)C1. The lowest BCUT2D eigenvalue weighted by Gasteiger charge is -2.51. The first kappa shape index (κ1) is 9.77. The van der Waals surface area contributed by atoms with Gasteiger partial charge in [0.2, 0.25) is 0 Å². The van der Waals surface area contributed by atoms with Gasteiger partial charge in [-0.3, -0.25) is 0 Å². The number of carbonyl (C=O) groups excluding carboxylic acids is 1. The molecule has 4 heteroatoms. The van der Waals surface area contributed by atoms with Gasteiger partial charge in [-0.25, -0.2) is 4.79 Å². The van der Waals surface area contributed by atoms with E-state index in [0.29, 0.717) is 0 Å². The van der Waals surface area contributed by atoms with Crippen LogP contribution >= 0.6 is 0 Å². The van der Waals surface area contributed by atoms with Gasteiger partial charge in [0.05, 0.1) is 5.54 Å². The van der Waals surface area contributed by atoms with E-state index in [1.165, 1.54) is 6.42 Å². The zero-order valence-electron chi connectivity index (χ0n) is 9.29. The summed E-state index contributed by atoms with van der Waals surface area (Å²) in [5, 5.41) is 0. The molecule has 1 spiro atoms. The molecule has 2 fully saturated rings. The minimum Gasteiger partial charge on any atom is -0.331 e. The Morgan fingerprint density at radius 3 is 2.50 bits per heavy atom. The molecule has 2 saturated heterocycles. The number of likely N-dealkylation sites (tertiary alicyclic amines) is 2. The fourth-order valence-corrected chi connectivity index (χ4v) is 2.77. The maximum absolute atomic E-state index is 11.9. The number of hydrogen-bond acceptors (Lipinski definition) is 2. The molecule has 0 atom stereocenters. The molecule has 0 saturated carbocycles. The number of amides is 2. The summed E-state index contributed by atoms with van der Waals surface area (Å²) in [6.45, 7) is 3.03. The maximum atomic E-state index is 11.9. The van der Waals surface area contributed by atoms with Crippen molar-refractivity contribution in [3.8, 4) is 0 Å². The minimum atomic E-state index is 0.176. The Morgan fingerprint density at radius 2 is 2.00 bits per heavy atom. The Bertz CT molecular complexity index is 246. The molecule has 80 valence electrons. The van der Waals surface area contributed by atoms with E-state index in [9.17, 15) is 4.79 Å². The molecule has 0 unspecified atom stereocenters. The van der Waals surface area contributed by atoms with Gasteiger partial charge in [0, 0.05) is 33.7 Å². The highest BCUT2D eigenvalue weighted by molar-refractivity contribution is 5.75. The summed E-state index contributed by atoms with van der Waals surface area (Å²) in [5.41, 5.74) is 0.177. The standard InChI is InChI=1S/C10H19N3O/c1-11(2)9(14)13-6-4-5-10(13)7-12(3)8-10/h4-8H2,1-3H3. The first-order chi connectivity index (χ1) is 6.55. The Balaban J connectivity index is 2.08. The zero-order valence-corrected chi connectivity index (χ0v) is 9.29. The van der Waals surface area contributed by atoms with Gasteiger partial charge in [-0.15, -0.1) is 0 Å². The van der Waals surface area contributed by atoms with E-state index in [1.54, 1.807) is 4.90 Å². The normalized spacial score (nSPS) is 25.2. The molecule has 0 radical (unpaired) electrons. The van der Waals surface area contributed by atoms with Gasteiger partial charge in [-0.1, -0.05) is 0 Å². The first-order valence-electron chi connectivity index (χ1n) is 5.23. The molecule has 2 rings (SSSR count). The van der Waals surface area contributed by atoms with Crippen LogP contribution in [0, 0.1) is 0 Å². The number of urea groups is 1. The summed E-state index contributed by atoms with van der Waals surface area (Å²) in [6, 6.07) is 0.176. The highest BCUT2D eigenvalue weighted by Gasteiger charge is 2.50. The van der Waals surface area contributed by atoms with Crippen LogP contribution in [-0.2, 0) is 0 Å². The van der Waals surface area contributed by atoms with Crippen LogP contribution in [0.5, 0.6) is 0 Å². The van der Waals surface area contributed by atoms with Crippen LogP contribution in [0.15, 0.2) is 0 Å². The number of likely N-dealkylation sites (N-methyl/N-ethyl adjacent to an activating group) is 1. The third kappa shape index (κ3) is 1.29. The summed E-state index contributed by atoms with van der Waals surface area (Å²) in [6.07, 6.45) is 2.34. The molecule has 0 N–H and O–H groups in total. The lowest BCUT2D eigenvalue weighted by Crippen LogP contribution is -2.68. The third-order valence-electron chi connectivity index (χ3n) is 3.34. The van der Waals surface area contributed by atoms with Crippen molar-refractivity contribution in [3.05, 3.63) is 0 Å². The molecular formula is C10H19N3O. The quantitative estimate of drug-likeness (QED) is 0.563. The van der Waals surface area contributed by atoms with Crippen LogP contribution in [0.25, 0.3) is 0 Å². The van der Waals surface area contributed by atoms with E-state index >= 15 is 0 Å². The largest absolute Gasteiger partial charge is 0.331 e. The third-order valence-corrected chi connectivity index (χ3v) is 3.34. The second kappa shape index (κ2) is 3.12. The van der Waals surface area contributed by atoms with Crippen LogP contribution in [0.3, 0.4) is 0 Å². The summed E-state index contributed by atoms with van der Waals surface area (Å²) in [5.74, 6) is 0. The van der Waals surface area contributed by atoms with Crippen LogP contribution in [-0.4, -0.2) is 67.0 Å². The van der Waals surface area contributed by atoms with Crippen LogP contribution in [0.1, 0.15) is 12.8 Å². The second-order valence-corrected chi connectivity index (χ2v) is 4.83. The van der Waals surface area contributed by atoms with Gasteiger partial charge in [0.1, 0.15) is 0 Å². The van der Waals surface area contributed by atoms with Crippen molar-refractivity contribution in [2.75, 3.05) is 40.8 Å². The van der Waals surface area contributed by atoms with Crippen molar-refractivity contribution in [1.29, 1.82) is 0 Å². The fourth-order valence-electron chi connectivity index (χ4n) is 2.77. The molecule has 0 bridgehead atoms. The summed E-state index contributed by atoms with van der Waals surface area (Å²) in [4.78, 5) is 17.9. The van der Waals surface area contributed by atoms with Crippen LogP contribution in [0.2, 0.25) is 0 Å². The Kier molecular flexibility index (Phi) is 2.18. The van der Waals surface area contributed by atoms with E-state index in [1.807, 2.05) is 14.1 Å². The van der Waals surface area contributed by atoms with Gasteiger partial charge < -0.3 is 14.7 Å². The predicted octanol–water partition coefficient (Wildman–Crippen LogP) is 0.448. The van der Waals surface area contributed by atoms with E-state index in [4.69, 9.17) is 0 Å². The van der Waals surface area contributed by atoms with Gasteiger partial charge in [-0.2, -0.15) is 0 Å². The number of hydrogen-bond donors (Lipinski definition) is 0. The van der Waals surface area contributed by atoms with Crippen LogP contribution < -0.4 is 0 Å². The first-order valence-corrected chi connectivity index (χ1v) is 5.23. The van der Waals surface area contributed by atoms with E-state index < -0.39 is 0 Å². The van der Waals surface area contributed by atoms with Crippen LogP contribution in [0.4, 0.5) is 4.79 Å². The molecule has 0 aromatic rings. The zero-order chi connectivity index (χ0) is 10.3. The second-order valence-electron chi connectivity index (χ2n) is 4.83. The molecule has 4 nitrogen and oxygen atoms in total. The fraction of sp³-hybridized carbons (Fsp3) is 0.900. The average molecular weight is 197 g/mol. The number of rotatable bonds is 0. The molecule has 14 heavy (non-hydrogen) atoms. The van der Waals surface area contributed by atoms with Crippen molar-refractivity contribution in [3.63, 3.8) is 0 Å². The minimum absolute atomic E-state index is 0.176. The Labute approximate surface area is 85.5 Å². The lowest BCUT2D eigenvalue weighted by molar-refractivity contribution is 0.00272. The van der Waals surface area contributed by atoms with Crippen molar-refractivity contribution >= 4 is 6.03 Å². The van der Waals surface area contributed by atoms with E-state index in [0.717, 1.165) is 26.1 Å². The lowest BCUT2D eigenvalue weighted by atomic mass is 9.88. The van der Waals surface area contributed by atoms with Gasteiger partial charge in [0.15, 0.2) is 0 Å². The van der Waals surface area contributed by atoms with Gasteiger partial charge in [-0.05, 0) is 19.9 Å². The van der Waals surface area contributed by atoms with E-state index in [2.05, 4.69) is 16.8 Å². The molecular weight excluding hydrogens is 178 g/mol. The Morgan fingerprint density at radius 1 is 1.36 bits per heavy atom. The predicted molar refractivity (Wildman–Crippen MR) is 55.3 cm³/mol. The number of carbonyl (C=O) groups is 1. The summed E-state index contributed by atoms with van der Waals surface area (Å²) < 4.78 is 0. The van der Waals surface area contributed by atoms with Crippen molar-refractivity contribution in [1.82, 2.24) is 14.7 Å². The van der Waals surface area contributed by atoms with Crippen molar-refractivity contribution in [2.24, 2.45) is 0 Å². The smallest absolute Gasteiger partial charge is 0.320 e. The molecule has 0 aliphatic carbocycles. The number of nitrogens with zero attached hydrogens (tertiary/aromatic N) is 3. The van der Waals surface area contributed by atoms with Crippen molar-refractivity contribution in [2.45, 2.75) is 18.4 Å². The molecule has 0 aromatic heterocycles. The van der Waals surface area contributed by atoms with Gasteiger partial charge >= 0.3 is 6.03 Å². The highest BCUT2D eigenvalue weighted by Crippen LogP contribution is 2.37. The van der Waals surface area contributed by atoms with E-state index in [-0.39, 0.29) is 11.6 Å². The highest BCUT2D eigenvalue weighted by atomic mass is 16.2. The molecule has 0 aromatic carbocycles. The molecule has 2 aliphatic rings. The topological polar surface area (TPSA) is 26.8 Å². The molecule has 2 aliphatic heterocycles. The van der Waals surface area contributed by atoms with Crippen molar-refractivity contribution < 1.29 is 4.79 Å². The molecule has 2 heterocycles. The van der Waals surface area contributed by atoms with Gasteiger partial charge in [0.25, 0.3) is 0 Å². The molecule has 2 amide bonds. The maximum Gasteiger partial charge on any atom is 0.320 e.